The number of nitrogens with zero attached hydrogens (tertiary/aromatic N) is 2. The molecule has 108 valence electrons. The Morgan fingerprint density at radius 2 is 2.15 bits per heavy atom. The number of aromatic nitrogens is 2. The van der Waals surface area contributed by atoms with Crippen molar-refractivity contribution in [3.05, 3.63) is 40.7 Å². The molecule has 1 N–H and O–H groups in total. The van der Waals surface area contributed by atoms with Crippen LogP contribution in [0.3, 0.4) is 0 Å². The second-order valence-electron chi connectivity index (χ2n) is 5.03. The molecular formula is C15H20ClN3O. The molecule has 0 aliphatic rings. The van der Waals surface area contributed by atoms with E-state index in [9.17, 15) is 0 Å². The molecule has 0 amide bonds. The van der Waals surface area contributed by atoms with Crippen LogP contribution < -0.4 is 5.32 Å². The summed E-state index contributed by atoms with van der Waals surface area (Å²) in [7, 11) is 1.69. The van der Waals surface area contributed by atoms with E-state index in [0.29, 0.717) is 11.6 Å². The minimum absolute atomic E-state index is 0.171. The van der Waals surface area contributed by atoms with Gasteiger partial charge in [0.25, 0.3) is 0 Å². The second kappa shape index (κ2) is 6.29. The molecule has 0 aliphatic carbocycles. The Labute approximate surface area is 124 Å². The molecule has 0 spiro atoms. The molecule has 5 heteroatoms. The number of hydrogen-bond acceptors (Lipinski definition) is 3. The minimum atomic E-state index is 0.171. The molecule has 0 bridgehead atoms. The lowest BCUT2D eigenvalue weighted by Crippen LogP contribution is -2.22. The van der Waals surface area contributed by atoms with Crippen LogP contribution >= 0.6 is 11.6 Å². The van der Waals surface area contributed by atoms with Gasteiger partial charge >= 0.3 is 0 Å². The Hall–Kier alpha value is -1.52. The van der Waals surface area contributed by atoms with Crippen LogP contribution in [0.25, 0.3) is 5.69 Å². The maximum Gasteiger partial charge on any atom is 0.208 e. The second-order valence-corrected chi connectivity index (χ2v) is 5.44. The van der Waals surface area contributed by atoms with Crippen LogP contribution in [0.4, 0.5) is 5.95 Å². The number of benzene rings is 1. The zero-order chi connectivity index (χ0) is 14.7. The van der Waals surface area contributed by atoms with Crippen LogP contribution in [-0.2, 0) is 4.74 Å². The fraction of sp³-hybridized carbons (Fsp3) is 0.400. The average molecular weight is 294 g/mol. The molecule has 0 radical (unpaired) electrons. The molecule has 0 fully saturated rings. The highest BCUT2D eigenvalue weighted by Gasteiger charge is 2.12. The molecular weight excluding hydrogens is 274 g/mol. The third-order valence-electron chi connectivity index (χ3n) is 2.98. The first-order valence-electron chi connectivity index (χ1n) is 6.59. The van der Waals surface area contributed by atoms with Gasteiger partial charge in [-0.1, -0.05) is 17.7 Å². The maximum absolute atomic E-state index is 6.34. The summed E-state index contributed by atoms with van der Waals surface area (Å²) >= 11 is 6.34. The molecule has 2 aromatic rings. The largest absolute Gasteiger partial charge is 0.383 e. The minimum Gasteiger partial charge on any atom is -0.383 e. The summed E-state index contributed by atoms with van der Waals surface area (Å²) in [5.74, 6) is 0.776. The average Bonchev–Trinajstić information content (AvgIpc) is 2.70. The van der Waals surface area contributed by atoms with E-state index in [1.54, 1.807) is 7.11 Å². The topological polar surface area (TPSA) is 39.1 Å². The predicted octanol–water partition coefficient (Wildman–Crippen LogP) is 3.59. The van der Waals surface area contributed by atoms with Gasteiger partial charge in [-0.2, -0.15) is 0 Å². The molecule has 0 saturated carbocycles. The van der Waals surface area contributed by atoms with Crippen molar-refractivity contribution in [3.8, 4) is 5.69 Å². The van der Waals surface area contributed by atoms with E-state index >= 15 is 0 Å². The van der Waals surface area contributed by atoms with Gasteiger partial charge in [0.05, 0.1) is 23.0 Å². The lowest BCUT2D eigenvalue weighted by molar-refractivity contribution is 0.190. The van der Waals surface area contributed by atoms with Crippen LogP contribution in [0.1, 0.15) is 18.2 Å². The van der Waals surface area contributed by atoms with Crippen LogP contribution in [0.15, 0.2) is 24.4 Å². The highest BCUT2D eigenvalue weighted by atomic mass is 35.5. The highest BCUT2D eigenvalue weighted by Crippen LogP contribution is 2.25. The predicted molar refractivity (Wildman–Crippen MR) is 83.0 cm³/mol. The van der Waals surface area contributed by atoms with Crippen molar-refractivity contribution < 1.29 is 4.74 Å². The number of rotatable bonds is 5. The van der Waals surface area contributed by atoms with Crippen LogP contribution in [0.5, 0.6) is 0 Å². The highest BCUT2D eigenvalue weighted by molar-refractivity contribution is 6.32. The molecule has 1 unspecified atom stereocenters. The summed E-state index contributed by atoms with van der Waals surface area (Å²) in [6.07, 6.45) is 1.97. The van der Waals surface area contributed by atoms with E-state index in [1.165, 1.54) is 0 Å². The van der Waals surface area contributed by atoms with Crippen LogP contribution in [0.2, 0.25) is 5.02 Å². The monoisotopic (exact) mass is 293 g/mol. The Morgan fingerprint density at radius 1 is 1.40 bits per heavy atom. The van der Waals surface area contributed by atoms with E-state index in [-0.39, 0.29) is 6.04 Å². The van der Waals surface area contributed by atoms with Crippen molar-refractivity contribution in [2.45, 2.75) is 26.8 Å². The van der Waals surface area contributed by atoms with Gasteiger partial charge in [-0.3, -0.25) is 4.57 Å². The van der Waals surface area contributed by atoms with Gasteiger partial charge in [-0.15, -0.1) is 0 Å². The van der Waals surface area contributed by atoms with Crippen molar-refractivity contribution in [2.24, 2.45) is 0 Å². The van der Waals surface area contributed by atoms with E-state index < -0.39 is 0 Å². The molecule has 1 aromatic heterocycles. The number of halogens is 1. The normalized spacial score (nSPS) is 12.4. The Morgan fingerprint density at radius 3 is 2.80 bits per heavy atom. The summed E-state index contributed by atoms with van der Waals surface area (Å²) < 4.78 is 7.12. The van der Waals surface area contributed by atoms with Gasteiger partial charge < -0.3 is 10.1 Å². The Kier molecular flexibility index (Phi) is 4.68. The lowest BCUT2D eigenvalue weighted by atomic mass is 10.2. The number of hydrogen-bond donors (Lipinski definition) is 1. The summed E-state index contributed by atoms with van der Waals surface area (Å²) in [6.45, 7) is 6.65. The quantitative estimate of drug-likeness (QED) is 0.915. The maximum atomic E-state index is 6.34. The van der Waals surface area contributed by atoms with E-state index in [0.717, 1.165) is 22.9 Å². The van der Waals surface area contributed by atoms with Crippen molar-refractivity contribution in [2.75, 3.05) is 19.0 Å². The first kappa shape index (κ1) is 14.9. The zero-order valence-electron chi connectivity index (χ0n) is 12.3. The molecule has 0 saturated heterocycles. The number of anilines is 1. The third kappa shape index (κ3) is 3.32. The summed E-state index contributed by atoms with van der Waals surface area (Å²) in [5, 5.41) is 4.05. The van der Waals surface area contributed by atoms with E-state index in [1.807, 2.05) is 42.8 Å². The van der Waals surface area contributed by atoms with Gasteiger partial charge in [-0.05, 0) is 38.5 Å². The molecule has 20 heavy (non-hydrogen) atoms. The number of nitrogens with one attached hydrogen (secondary N) is 1. The van der Waals surface area contributed by atoms with Crippen molar-refractivity contribution >= 4 is 17.5 Å². The lowest BCUT2D eigenvalue weighted by Gasteiger charge is -2.16. The molecule has 1 aromatic carbocycles. The van der Waals surface area contributed by atoms with Crippen LogP contribution in [-0.4, -0.2) is 29.3 Å². The fourth-order valence-electron chi connectivity index (χ4n) is 2.10. The first-order chi connectivity index (χ1) is 9.51. The zero-order valence-corrected chi connectivity index (χ0v) is 13.0. The summed E-state index contributed by atoms with van der Waals surface area (Å²) in [4.78, 5) is 4.51. The van der Waals surface area contributed by atoms with Gasteiger partial charge in [0, 0.05) is 19.3 Å². The third-order valence-corrected chi connectivity index (χ3v) is 3.28. The fourth-order valence-corrected chi connectivity index (χ4v) is 2.43. The number of methoxy groups -OCH3 is 1. The molecule has 1 atom stereocenters. The van der Waals surface area contributed by atoms with Crippen molar-refractivity contribution in [1.82, 2.24) is 9.55 Å². The first-order valence-corrected chi connectivity index (χ1v) is 6.97. The summed E-state index contributed by atoms with van der Waals surface area (Å²) in [5.41, 5.74) is 3.00. The van der Waals surface area contributed by atoms with Gasteiger partial charge in [-0.25, -0.2) is 4.98 Å². The SMILES string of the molecule is COCC(C)Nc1nc(C)cn1-c1ccc(C)cc1Cl. The summed E-state index contributed by atoms with van der Waals surface area (Å²) in [6, 6.07) is 6.17. The number of ether oxygens (including phenoxy) is 1. The molecule has 2 rings (SSSR count). The van der Waals surface area contributed by atoms with Crippen LogP contribution in [0, 0.1) is 13.8 Å². The molecule has 1 heterocycles. The molecule has 0 aliphatic heterocycles. The standard InChI is InChI=1S/C15H20ClN3O/c1-10-5-6-14(13(16)7-10)19-8-11(2)17-15(19)18-12(3)9-20-4/h5-8,12H,9H2,1-4H3,(H,17,18). The number of aryl methyl sites for hydroxylation is 2. The van der Waals surface area contributed by atoms with Gasteiger partial charge in [0.2, 0.25) is 5.95 Å². The smallest absolute Gasteiger partial charge is 0.208 e. The van der Waals surface area contributed by atoms with E-state index in [4.69, 9.17) is 16.3 Å². The van der Waals surface area contributed by atoms with Crippen molar-refractivity contribution in [1.29, 1.82) is 0 Å². The van der Waals surface area contributed by atoms with Gasteiger partial charge in [0.15, 0.2) is 0 Å². The number of imidazole rings is 1. The Balaban J connectivity index is 2.36. The van der Waals surface area contributed by atoms with Gasteiger partial charge in [0.1, 0.15) is 0 Å². The Bertz CT molecular complexity index is 595. The molecule has 4 nitrogen and oxygen atoms in total. The van der Waals surface area contributed by atoms with Crippen molar-refractivity contribution in [3.63, 3.8) is 0 Å². The van der Waals surface area contributed by atoms with E-state index in [2.05, 4.69) is 17.2 Å².